The van der Waals surface area contributed by atoms with Gasteiger partial charge in [0.05, 0.1) is 49.8 Å². The number of fused-ring (bicyclic) bond motifs is 1. The number of methoxy groups -OCH3 is 3. The molecule has 0 aliphatic carbocycles. The summed E-state index contributed by atoms with van der Waals surface area (Å²) in [5.41, 5.74) is 1.83. The molecule has 9 nitrogen and oxygen atoms in total. The van der Waals surface area contributed by atoms with Crippen molar-refractivity contribution in [1.29, 1.82) is 0 Å². The summed E-state index contributed by atoms with van der Waals surface area (Å²) in [5.74, 6) is 1.63. The largest absolute Gasteiger partial charge is 0.496 e. The lowest BCUT2D eigenvalue weighted by atomic mass is 9.96. The van der Waals surface area contributed by atoms with Crippen LogP contribution in [-0.4, -0.2) is 45.1 Å². The third-order valence-corrected chi connectivity index (χ3v) is 7.09. The Morgan fingerprint density at radius 3 is 2.36 bits per heavy atom. The summed E-state index contributed by atoms with van der Waals surface area (Å²) in [7, 11) is 4.61. The van der Waals surface area contributed by atoms with Gasteiger partial charge in [-0.25, -0.2) is 9.79 Å². The van der Waals surface area contributed by atoms with Crippen molar-refractivity contribution < 1.29 is 28.5 Å². The molecule has 39 heavy (non-hydrogen) atoms. The van der Waals surface area contributed by atoms with E-state index in [2.05, 4.69) is 11.6 Å². The molecule has 204 valence electrons. The highest BCUT2D eigenvalue weighted by atomic mass is 32.1. The Labute approximate surface area is 229 Å². The van der Waals surface area contributed by atoms with Crippen LogP contribution in [0.3, 0.4) is 0 Å². The van der Waals surface area contributed by atoms with Crippen LogP contribution >= 0.6 is 11.3 Å². The number of esters is 1. The van der Waals surface area contributed by atoms with E-state index in [9.17, 15) is 9.59 Å². The summed E-state index contributed by atoms with van der Waals surface area (Å²) < 4.78 is 29.3. The Morgan fingerprint density at radius 2 is 1.74 bits per heavy atom. The van der Waals surface area contributed by atoms with Gasteiger partial charge in [0.15, 0.2) is 16.3 Å². The molecule has 1 atom stereocenters. The van der Waals surface area contributed by atoms with E-state index >= 15 is 0 Å². The molecular weight excluding hydrogens is 520 g/mol. The maximum atomic E-state index is 13.9. The van der Waals surface area contributed by atoms with Crippen molar-refractivity contribution in [2.75, 3.05) is 34.5 Å². The molecule has 0 fully saturated rings. The molecule has 1 aliphatic rings. The molecule has 0 unspecified atom stereocenters. The molecule has 2 aromatic carbocycles. The van der Waals surface area contributed by atoms with E-state index in [0.29, 0.717) is 55.8 Å². The zero-order chi connectivity index (χ0) is 28.1. The first kappa shape index (κ1) is 27.7. The maximum Gasteiger partial charge on any atom is 0.338 e. The van der Waals surface area contributed by atoms with Crippen LogP contribution in [0, 0.1) is 0 Å². The van der Waals surface area contributed by atoms with Gasteiger partial charge in [-0.1, -0.05) is 36.1 Å². The fourth-order valence-electron chi connectivity index (χ4n) is 4.32. The maximum absolute atomic E-state index is 13.9. The summed E-state index contributed by atoms with van der Waals surface area (Å²) >= 11 is 1.22. The number of hydrogen-bond donors (Lipinski definition) is 0. The van der Waals surface area contributed by atoms with E-state index in [1.54, 1.807) is 50.3 Å². The number of nitrogens with zero attached hydrogens (tertiary/aromatic N) is 2. The van der Waals surface area contributed by atoms with Crippen LogP contribution in [0.4, 0.5) is 0 Å². The zero-order valence-electron chi connectivity index (χ0n) is 22.5. The van der Waals surface area contributed by atoms with Gasteiger partial charge < -0.3 is 23.7 Å². The van der Waals surface area contributed by atoms with Crippen molar-refractivity contribution in [2.24, 2.45) is 4.99 Å². The average Bonchev–Trinajstić information content (AvgIpc) is 3.25. The molecule has 1 aliphatic heterocycles. The lowest BCUT2D eigenvalue weighted by Gasteiger charge is -2.24. The highest BCUT2D eigenvalue weighted by Crippen LogP contribution is 2.35. The minimum absolute atomic E-state index is 0.195. The lowest BCUT2D eigenvalue weighted by molar-refractivity contribution is -0.139. The molecule has 0 saturated carbocycles. The Bertz CT molecular complexity index is 1600. The zero-order valence-corrected chi connectivity index (χ0v) is 23.3. The molecular formula is C29H30N2O7S. The number of carbonyl (C=O) groups is 1. The topological polar surface area (TPSA) is 97.6 Å². The molecule has 0 N–H and O–H groups in total. The minimum atomic E-state index is -0.733. The van der Waals surface area contributed by atoms with E-state index in [1.165, 1.54) is 37.2 Å². The first-order valence-electron chi connectivity index (χ1n) is 12.2. The predicted octanol–water partition coefficient (Wildman–Crippen LogP) is 3.39. The molecule has 4 rings (SSSR count). The number of rotatable bonds is 10. The Kier molecular flexibility index (Phi) is 8.55. The standard InChI is InChI=1S/C29H30N2O7S/c1-7-13-38-20-11-9-18(10-12-20)26-25(28(33)37-8-2)17(3)30-29-31(26)27(32)24(39-29)15-19-14-22(35-5)23(36-6)16-21(19)34-4/h7,9-12,14-16,26H,1,8,13H2,2-6H3/b24-15+/t26-/m0/s1. The van der Waals surface area contributed by atoms with E-state index in [-0.39, 0.29) is 12.2 Å². The highest BCUT2D eigenvalue weighted by Gasteiger charge is 2.33. The Hall–Kier alpha value is -4.31. The third kappa shape index (κ3) is 5.46. The lowest BCUT2D eigenvalue weighted by Crippen LogP contribution is -2.39. The second-order valence-corrected chi connectivity index (χ2v) is 9.43. The van der Waals surface area contributed by atoms with Gasteiger partial charge in [0.25, 0.3) is 5.56 Å². The van der Waals surface area contributed by atoms with Crippen molar-refractivity contribution in [1.82, 2.24) is 4.57 Å². The minimum Gasteiger partial charge on any atom is -0.496 e. The number of ether oxygens (including phenoxy) is 5. The quantitative estimate of drug-likeness (QED) is 0.282. The molecule has 0 spiro atoms. The molecule has 0 saturated heterocycles. The van der Waals surface area contributed by atoms with Gasteiger partial charge in [0.2, 0.25) is 0 Å². The number of thiazole rings is 1. The van der Waals surface area contributed by atoms with Gasteiger partial charge in [0, 0.05) is 11.6 Å². The number of aromatic nitrogens is 1. The van der Waals surface area contributed by atoms with Crippen LogP contribution in [0.15, 0.2) is 70.1 Å². The first-order valence-corrected chi connectivity index (χ1v) is 13.0. The van der Waals surface area contributed by atoms with E-state index in [1.807, 2.05) is 12.1 Å². The van der Waals surface area contributed by atoms with Crippen LogP contribution in [0.2, 0.25) is 0 Å². The Balaban J connectivity index is 1.92. The fraction of sp³-hybridized carbons (Fsp3) is 0.276. The molecule has 2 heterocycles. The summed E-state index contributed by atoms with van der Waals surface area (Å²) in [6, 6.07) is 9.95. The van der Waals surface area contributed by atoms with Crippen LogP contribution in [0.5, 0.6) is 23.0 Å². The van der Waals surface area contributed by atoms with Gasteiger partial charge in [0.1, 0.15) is 18.1 Å². The number of hydrogen-bond acceptors (Lipinski definition) is 9. The number of allylic oxidation sites excluding steroid dienone is 1. The first-order chi connectivity index (χ1) is 18.9. The molecule has 0 bridgehead atoms. The van der Waals surface area contributed by atoms with Crippen molar-refractivity contribution in [3.05, 3.63) is 91.1 Å². The van der Waals surface area contributed by atoms with Crippen LogP contribution in [0.25, 0.3) is 6.08 Å². The molecule has 0 amide bonds. The van der Waals surface area contributed by atoms with Crippen molar-refractivity contribution in [2.45, 2.75) is 19.9 Å². The monoisotopic (exact) mass is 550 g/mol. The van der Waals surface area contributed by atoms with Gasteiger partial charge in [-0.3, -0.25) is 9.36 Å². The summed E-state index contributed by atoms with van der Waals surface area (Å²) in [6.07, 6.45) is 3.38. The van der Waals surface area contributed by atoms with Crippen LogP contribution in [-0.2, 0) is 9.53 Å². The highest BCUT2D eigenvalue weighted by molar-refractivity contribution is 7.07. The van der Waals surface area contributed by atoms with Crippen molar-refractivity contribution in [3.63, 3.8) is 0 Å². The average molecular weight is 551 g/mol. The van der Waals surface area contributed by atoms with Gasteiger partial charge in [-0.05, 0) is 43.7 Å². The summed E-state index contributed by atoms with van der Waals surface area (Å²) in [6.45, 7) is 7.70. The van der Waals surface area contributed by atoms with Gasteiger partial charge in [-0.15, -0.1) is 0 Å². The SMILES string of the molecule is C=CCOc1ccc([C@H]2C(C(=O)OCC)=C(C)N=c3s/c(=C/c4cc(OC)c(OC)cc4OC)c(=O)n32)cc1. The molecule has 3 aromatic rings. The van der Waals surface area contributed by atoms with Crippen molar-refractivity contribution in [3.8, 4) is 23.0 Å². The van der Waals surface area contributed by atoms with E-state index in [0.717, 1.165) is 5.56 Å². The van der Waals surface area contributed by atoms with Crippen LogP contribution in [0.1, 0.15) is 31.0 Å². The summed E-state index contributed by atoms with van der Waals surface area (Å²) in [5, 5.41) is 0. The molecule has 10 heteroatoms. The number of carbonyl (C=O) groups excluding carboxylic acids is 1. The number of benzene rings is 2. The molecule has 0 radical (unpaired) electrons. The second kappa shape index (κ2) is 12.0. The summed E-state index contributed by atoms with van der Waals surface area (Å²) in [4.78, 5) is 32.1. The normalized spacial score (nSPS) is 14.8. The Morgan fingerprint density at radius 1 is 1.08 bits per heavy atom. The van der Waals surface area contributed by atoms with E-state index in [4.69, 9.17) is 23.7 Å². The predicted molar refractivity (Wildman–Crippen MR) is 149 cm³/mol. The van der Waals surface area contributed by atoms with Crippen molar-refractivity contribution >= 4 is 23.4 Å². The second-order valence-electron chi connectivity index (χ2n) is 8.42. The third-order valence-electron chi connectivity index (χ3n) is 6.10. The molecule has 1 aromatic heterocycles. The fourth-order valence-corrected chi connectivity index (χ4v) is 5.35. The van der Waals surface area contributed by atoms with E-state index < -0.39 is 12.0 Å². The van der Waals surface area contributed by atoms with Crippen LogP contribution < -0.4 is 33.8 Å². The van der Waals surface area contributed by atoms with Gasteiger partial charge in [-0.2, -0.15) is 0 Å². The van der Waals surface area contributed by atoms with Gasteiger partial charge >= 0.3 is 5.97 Å². The smallest absolute Gasteiger partial charge is 0.338 e.